The molecule has 0 fully saturated rings. The molecule has 3 N–H and O–H groups in total. The van der Waals surface area contributed by atoms with E-state index in [1.807, 2.05) is 0 Å². The molecule has 0 radical (unpaired) electrons. The van der Waals surface area contributed by atoms with Crippen molar-refractivity contribution in [1.82, 2.24) is 0 Å². The van der Waals surface area contributed by atoms with Crippen LogP contribution in [0.15, 0.2) is 29.8 Å². The Morgan fingerprint density at radius 2 is 2.05 bits per heavy atom. The van der Waals surface area contributed by atoms with Crippen molar-refractivity contribution < 1.29 is 19.8 Å². The topological polar surface area (TPSA) is 86.6 Å². The number of carbonyl (C=O) groups is 2. The molecular weight excluding hydrogens is 258 g/mol. The highest BCUT2D eigenvalue weighted by atomic mass is 16.4. The third-order valence-corrected chi connectivity index (χ3v) is 3.28. The number of carbonyl (C=O) groups excluding carboxylic acids is 1. The number of hydrogen-bond donors (Lipinski definition) is 3. The van der Waals surface area contributed by atoms with E-state index in [1.165, 1.54) is 24.6 Å². The summed E-state index contributed by atoms with van der Waals surface area (Å²) in [6, 6.07) is 3.99. The fourth-order valence-electron chi connectivity index (χ4n) is 2.27. The number of rotatable bonds is 4. The summed E-state index contributed by atoms with van der Waals surface area (Å²) in [6.07, 6.45) is 6.73. The second-order valence-corrected chi connectivity index (χ2v) is 4.87. The standard InChI is InChI=1S/C15H17NO4/c17-13-9-11(6-7-12(13)15(19)20)16-14(18)8-10-4-2-1-3-5-10/h4,6-7,9,17H,1-3,5,8H2,(H,16,18)(H,19,20). The van der Waals surface area contributed by atoms with Gasteiger partial charge in [-0.2, -0.15) is 0 Å². The Morgan fingerprint density at radius 3 is 2.65 bits per heavy atom. The zero-order chi connectivity index (χ0) is 14.5. The van der Waals surface area contributed by atoms with Crippen molar-refractivity contribution in [3.63, 3.8) is 0 Å². The van der Waals surface area contributed by atoms with Crippen molar-refractivity contribution in [3.05, 3.63) is 35.4 Å². The summed E-state index contributed by atoms with van der Waals surface area (Å²) in [5, 5.41) is 21.0. The van der Waals surface area contributed by atoms with Gasteiger partial charge in [0.15, 0.2) is 0 Å². The highest BCUT2D eigenvalue weighted by molar-refractivity contribution is 5.95. The molecule has 0 spiro atoms. The molecule has 106 valence electrons. The van der Waals surface area contributed by atoms with E-state index in [1.54, 1.807) is 0 Å². The number of nitrogens with one attached hydrogen (secondary N) is 1. The van der Waals surface area contributed by atoms with Crippen molar-refractivity contribution in [2.75, 3.05) is 5.32 Å². The molecule has 0 saturated heterocycles. The molecule has 0 heterocycles. The quantitative estimate of drug-likeness (QED) is 0.737. The van der Waals surface area contributed by atoms with E-state index >= 15 is 0 Å². The number of allylic oxidation sites excluding steroid dienone is 1. The predicted octanol–water partition coefficient (Wildman–Crippen LogP) is 2.92. The van der Waals surface area contributed by atoms with Crippen LogP contribution in [0.1, 0.15) is 42.5 Å². The van der Waals surface area contributed by atoms with Crippen LogP contribution in [0.25, 0.3) is 0 Å². The van der Waals surface area contributed by atoms with Crippen LogP contribution >= 0.6 is 0 Å². The molecule has 0 saturated carbocycles. The highest BCUT2D eigenvalue weighted by Crippen LogP contribution is 2.23. The van der Waals surface area contributed by atoms with Gasteiger partial charge >= 0.3 is 5.97 Å². The Kier molecular flexibility index (Phi) is 4.40. The normalized spacial score (nSPS) is 14.5. The van der Waals surface area contributed by atoms with Crippen molar-refractivity contribution in [2.24, 2.45) is 0 Å². The predicted molar refractivity (Wildman–Crippen MR) is 74.9 cm³/mol. The average Bonchev–Trinajstić information content (AvgIpc) is 2.39. The molecular formula is C15H17NO4. The van der Waals surface area contributed by atoms with Crippen LogP contribution in [0.5, 0.6) is 5.75 Å². The van der Waals surface area contributed by atoms with Gasteiger partial charge in [0.25, 0.3) is 0 Å². The molecule has 5 nitrogen and oxygen atoms in total. The van der Waals surface area contributed by atoms with Crippen LogP contribution in [-0.2, 0) is 4.79 Å². The number of hydrogen-bond acceptors (Lipinski definition) is 3. The van der Waals surface area contributed by atoms with E-state index in [0.29, 0.717) is 12.1 Å². The number of aromatic hydroxyl groups is 1. The van der Waals surface area contributed by atoms with E-state index in [-0.39, 0.29) is 17.2 Å². The van der Waals surface area contributed by atoms with Crippen LogP contribution in [0.2, 0.25) is 0 Å². The van der Waals surface area contributed by atoms with Gasteiger partial charge < -0.3 is 15.5 Å². The molecule has 1 aliphatic carbocycles. The van der Waals surface area contributed by atoms with Gasteiger partial charge in [-0.05, 0) is 37.8 Å². The Bertz CT molecular complexity index is 563. The first-order valence-electron chi connectivity index (χ1n) is 6.60. The van der Waals surface area contributed by atoms with E-state index in [0.717, 1.165) is 24.8 Å². The third-order valence-electron chi connectivity index (χ3n) is 3.28. The molecule has 1 amide bonds. The number of phenols is 1. The number of aromatic carboxylic acids is 1. The van der Waals surface area contributed by atoms with Crippen LogP contribution < -0.4 is 5.32 Å². The fraction of sp³-hybridized carbons (Fsp3) is 0.333. The monoisotopic (exact) mass is 275 g/mol. The Morgan fingerprint density at radius 1 is 1.25 bits per heavy atom. The lowest BCUT2D eigenvalue weighted by Gasteiger charge is -2.12. The van der Waals surface area contributed by atoms with Crippen LogP contribution in [0.4, 0.5) is 5.69 Å². The van der Waals surface area contributed by atoms with E-state index in [2.05, 4.69) is 11.4 Å². The Balaban J connectivity index is 1.99. The SMILES string of the molecule is O=C(CC1=CCCCC1)Nc1ccc(C(=O)O)c(O)c1. The van der Waals surface area contributed by atoms with Gasteiger partial charge in [-0.1, -0.05) is 11.6 Å². The molecule has 5 heteroatoms. The molecule has 0 aliphatic heterocycles. The number of amides is 1. The molecule has 1 aliphatic rings. The largest absolute Gasteiger partial charge is 0.507 e. The second-order valence-electron chi connectivity index (χ2n) is 4.87. The van der Waals surface area contributed by atoms with Gasteiger partial charge in [-0.15, -0.1) is 0 Å². The molecule has 0 unspecified atom stereocenters. The van der Waals surface area contributed by atoms with E-state index in [9.17, 15) is 14.7 Å². The van der Waals surface area contributed by atoms with Gasteiger partial charge in [-0.25, -0.2) is 4.79 Å². The van der Waals surface area contributed by atoms with Crippen molar-refractivity contribution in [2.45, 2.75) is 32.1 Å². The molecule has 1 aromatic carbocycles. The first-order valence-corrected chi connectivity index (χ1v) is 6.60. The maximum atomic E-state index is 11.9. The lowest BCUT2D eigenvalue weighted by molar-refractivity contribution is -0.115. The maximum Gasteiger partial charge on any atom is 0.339 e. The minimum atomic E-state index is -1.20. The Hall–Kier alpha value is -2.30. The highest BCUT2D eigenvalue weighted by Gasteiger charge is 2.12. The number of carboxylic acids is 1. The first kappa shape index (κ1) is 14.1. The van der Waals surface area contributed by atoms with Gasteiger partial charge in [-0.3, -0.25) is 4.79 Å². The molecule has 1 aromatic rings. The molecule has 0 bridgehead atoms. The van der Waals surface area contributed by atoms with Gasteiger partial charge in [0, 0.05) is 18.2 Å². The van der Waals surface area contributed by atoms with E-state index < -0.39 is 5.97 Å². The van der Waals surface area contributed by atoms with Gasteiger partial charge in [0.2, 0.25) is 5.91 Å². The fourth-order valence-corrected chi connectivity index (χ4v) is 2.27. The molecule has 0 aromatic heterocycles. The van der Waals surface area contributed by atoms with Crippen LogP contribution in [0, 0.1) is 0 Å². The minimum Gasteiger partial charge on any atom is -0.507 e. The maximum absolute atomic E-state index is 11.9. The van der Waals surface area contributed by atoms with Crippen LogP contribution in [-0.4, -0.2) is 22.1 Å². The van der Waals surface area contributed by atoms with E-state index in [4.69, 9.17) is 5.11 Å². The summed E-state index contributed by atoms with van der Waals surface area (Å²) >= 11 is 0. The summed E-state index contributed by atoms with van der Waals surface area (Å²) < 4.78 is 0. The lowest BCUT2D eigenvalue weighted by Crippen LogP contribution is -2.13. The van der Waals surface area contributed by atoms with Crippen molar-refractivity contribution in [3.8, 4) is 5.75 Å². The first-order chi connectivity index (χ1) is 9.56. The van der Waals surface area contributed by atoms with Gasteiger partial charge in [0.1, 0.15) is 11.3 Å². The summed E-state index contributed by atoms with van der Waals surface area (Å²) in [5.41, 5.74) is 1.35. The van der Waals surface area contributed by atoms with Crippen molar-refractivity contribution in [1.29, 1.82) is 0 Å². The summed E-state index contributed by atoms with van der Waals surface area (Å²) in [5.74, 6) is -1.71. The zero-order valence-corrected chi connectivity index (χ0v) is 11.1. The van der Waals surface area contributed by atoms with Crippen LogP contribution in [0.3, 0.4) is 0 Å². The molecule has 0 atom stereocenters. The molecule has 2 rings (SSSR count). The summed E-state index contributed by atoms with van der Waals surface area (Å²) in [4.78, 5) is 22.6. The minimum absolute atomic E-state index is 0.152. The Labute approximate surface area is 116 Å². The van der Waals surface area contributed by atoms with Gasteiger partial charge in [0.05, 0.1) is 0 Å². The third kappa shape index (κ3) is 3.60. The second kappa shape index (κ2) is 6.23. The number of benzene rings is 1. The number of carboxylic acid groups (broad SMARTS) is 1. The number of anilines is 1. The smallest absolute Gasteiger partial charge is 0.339 e. The average molecular weight is 275 g/mol. The summed E-state index contributed by atoms with van der Waals surface area (Å²) in [6.45, 7) is 0. The molecule has 20 heavy (non-hydrogen) atoms. The van der Waals surface area contributed by atoms with Crippen molar-refractivity contribution >= 4 is 17.6 Å². The summed E-state index contributed by atoms with van der Waals surface area (Å²) in [7, 11) is 0. The lowest BCUT2D eigenvalue weighted by atomic mass is 9.97. The zero-order valence-electron chi connectivity index (χ0n) is 11.1.